The number of hydrogen-bond acceptors (Lipinski definition) is 4. The van der Waals surface area contributed by atoms with Crippen molar-refractivity contribution in [2.45, 2.75) is 38.2 Å². The first-order valence-electron chi connectivity index (χ1n) is 4.28. The van der Waals surface area contributed by atoms with Gasteiger partial charge in [-0.25, -0.2) is 0 Å². The highest BCUT2D eigenvalue weighted by Gasteiger charge is 2.38. The fourth-order valence-corrected chi connectivity index (χ4v) is 1.50. The van der Waals surface area contributed by atoms with Crippen LogP contribution in [0.2, 0.25) is 0 Å². The molecule has 0 aromatic rings. The number of ether oxygens (including phenoxy) is 1. The van der Waals surface area contributed by atoms with Crippen LogP contribution in [0, 0.1) is 5.92 Å². The van der Waals surface area contributed by atoms with E-state index in [4.69, 9.17) is 15.6 Å². The van der Waals surface area contributed by atoms with E-state index in [0.717, 1.165) is 0 Å². The lowest BCUT2D eigenvalue weighted by molar-refractivity contribution is -0.147. The molecule has 72 valence electrons. The Hall–Kier alpha value is -0.160. The van der Waals surface area contributed by atoms with Crippen LogP contribution in [0.3, 0.4) is 0 Å². The third kappa shape index (κ3) is 1.61. The van der Waals surface area contributed by atoms with Crippen molar-refractivity contribution in [3.8, 4) is 0 Å². The van der Waals surface area contributed by atoms with Gasteiger partial charge in [-0.15, -0.1) is 0 Å². The van der Waals surface area contributed by atoms with Crippen molar-refractivity contribution in [2.24, 2.45) is 11.7 Å². The predicted molar refractivity (Wildman–Crippen MR) is 44.6 cm³/mol. The molecule has 0 saturated carbocycles. The lowest BCUT2D eigenvalue weighted by Gasteiger charge is -2.40. The van der Waals surface area contributed by atoms with Crippen LogP contribution in [0.1, 0.15) is 13.8 Å². The molecule has 2 unspecified atom stereocenters. The molecule has 1 aliphatic heterocycles. The third-order valence-corrected chi connectivity index (χ3v) is 2.67. The van der Waals surface area contributed by atoms with E-state index >= 15 is 0 Å². The molecule has 0 bridgehead atoms. The van der Waals surface area contributed by atoms with Gasteiger partial charge in [0.05, 0.1) is 31.0 Å². The first-order chi connectivity index (χ1) is 5.57. The zero-order valence-electron chi connectivity index (χ0n) is 7.47. The molecule has 4 heteroatoms. The highest BCUT2D eigenvalue weighted by molar-refractivity contribution is 4.90. The van der Waals surface area contributed by atoms with Gasteiger partial charge in [0.15, 0.2) is 0 Å². The summed E-state index contributed by atoms with van der Waals surface area (Å²) < 4.78 is 5.40. The maximum atomic E-state index is 9.60. The van der Waals surface area contributed by atoms with Crippen molar-refractivity contribution in [2.75, 3.05) is 6.61 Å². The minimum Gasteiger partial charge on any atom is -0.394 e. The van der Waals surface area contributed by atoms with E-state index in [1.54, 1.807) is 0 Å². The van der Waals surface area contributed by atoms with Crippen LogP contribution in [-0.4, -0.2) is 41.2 Å². The molecule has 4 N–H and O–H groups in total. The molecular weight excluding hydrogens is 158 g/mol. The normalized spacial score (nSPS) is 49.2. The van der Waals surface area contributed by atoms with E-state index in [9.17, 15) is 5.11 Å². The van der Waals surface area contributed by atoms with Crippen LogP contribution < -0.4 is 5.73 Å². The minimum atomic E-state index is -0.578. The Bertz CT molecular complexity index is 148. The molecule has 1 rings (SSSR count). The zero-order valence-corrected chi connectivity index (χ0v) is 7.47. The first-order valence-corrected chi connectivity index (χ1v) is 4.28. The van der Waals surface area contributed by atoms with E-state index < -0.39 is 18.2 Å². The molecule has 0 radical (unpaired) electrons. The predicted octanol–water partition coefficient (Wildman–Crippen LogP) is -0.910. The summed E-state index contributed by atoms with van der Waals surface area (Å²) in [6.45, 7) is 3.64. The highest BCUT2D eigenvalue weighted by Crippen LogP contribution is 2.23. The van der Waals surface area contributed by atoms with E-state index in [0.29, 0.717) is 0 Å². The molecular formula is C8H17NO3. The molecule has 5 atom stereocenters. The van der Waals surface area contributed by atoms with Gasteiger partial charge in [-0.05, 0) is 6.92 Å². The van der Waals surface area contributed by atoms with Crippen LogP contribution >= 0.6 is 0 Å². The maximum absolute atomic E-state index is 9.60. The second-order valence-corrected chi connectivity index (χ2v) is 3.49. The lowest BCUT2D eigenvalue weighted by atomic mass is 9.88. The Morgan fingerprint density at radius 1 is 1.42 bits per heavy atom. The van der Waals surface area contributed by atoms with Gasteiger partial charge in [0.2, 0.25) is 0 Å². The van der Waals surface area contributed by atoms with Gasteiger partial charge in [0.1, 0.15) is 0 Å². The van der Waals surface area contributed by atoms with Gasteiger partial charge < -0.3 is 20.7 Å². The standard InChI is InChI=1S/C8H17NO3/c1-4-5(2)12-6(3-10)7(9)8(4)11/h4-8,10-11H,3,9H2,1-2H3/t4-,5?,6+,7?,8-/m1/s1. The van der Waals surface area contributed by atoms with Crippen molar-refractivity contribution in [3.05, 3.63) is 0 Å². The molecule has 0 amide bonds. The van der Waals surface area contributed by atoms with Crippen molar-refractivity contribution in [1.82, 2.24) is 0 Å². The van der Waals surface area contributed by atoms with Crippen molar-refractivity contribution < 1.29 is 14.9 Å². The Morgan fingerprint density at radius 3 is 2.50 bits per heavy atom. The second kappa shape index (κ2) is 3.70. The molecule has 1 saturated heterocycles. The zero-order chi connectivity index (χ0) is 9.30. The van der Waals surface area contributed by atoms with Gasteiger partial charge in [-0.1, -0.05) is 6.92 Å². The van der Waals surface area contributed by atoms with Crippen LogP contribution in [0.25, 0.3) is 0 Å². The third-order valence-electron chi connectivity index (χ3n) is 2.67. The van der Waals surface area contributed by atoms with Crippen LogP contribution in [-0.2, 0) is 4.74 Å². The van der Waals surface area contributed by atoms with E-state index in [1.165, 1.54) is 0 Å². The average Bonchev–Trinajstić information content (AvgIpc) is 2.08. The molecule has 0 spiro atoms. The number of rotatable bonds is 1. The van der Waals surface area contributed by atoms with Crippen molar-refractivity contribution in [3.63, 3.8) is 0 Å². The SMILES string of the molecule is CC1O[C@@H](CO)C(N)[C@H](O)[C@@H]1C. The van der Waals surface area contributed by atoms with E-state index in [1.807, 2.05) is 13.8 Å². The summed E-state index contributed by atoms with van der Waals surface area (Å²) >= 11 is 0. The minimum absolute atomic E-state index is 0.0304. The Labute approximate surface area is 72.3 Å². The average molecular weight is 175 g/mol. The van der Waals surface area contributed by atoms with Gasteiger partial charge in [-0.3, -0.25) is 0 Å². The summed E-state index contributed by atoms with van der Waals surface area (Å²) in [6.07, 6.45) is -1.05. The summed E-state index contributed by atoms with van der Waals surface area (Å²) in [4.78, 5) is 0. The van der Waals surface area contributed by atoms with Crippen LogP contribution in [0.15, 0.2) is 0 Å². The van der Waals surface area contributed by atoms with Gasteiger partial charge >= 0.3 is 0 Å². The smallest absolute Gasteiger partial charge is 0.0985 e. The van der Waals surface area contributed by atoms with Crippen LogP contribution in [0.4, 0.5) is 0 Å². The Kier molecular flexibility index (Phi) is 3.06. The molecule has 1 aliphatic rings. The monoisotopic (exact) mass is 175 g/mol. The van der Waals surface area contributed by atoms with Gasteiger partial charge in [0.25, 0.3) is 0 Å². The number of aliphatic hydroxyl groups excluding tert-OH is 2. The highest BCUT2D eigenvalue weighted by atomic mass is 16.5. The van der Waals surface area contributed by atoms with E-state index in [-0.39, 0.29) is 18.6 Å². The summed E-state index contributed by atoms with van der Waals surface area (Å²) in [6, 6.07) is -0.471. The first kappa shape index (κ1) is 9.92. The molecule has 0 aliphatic carbocycles. The molecule has 1 heterocycles. The lowest BCUT2D eigenvalue weighted by Crippen LogP contribution is -2.58. The fraction of sp³-hybridized carbons (Fsp3) is 1.00. The number of hydrogen-bond donors (Lipinski definition) is 3. The molecule has 4 nitrogen and oxygen atoms in total. The summed E-state index contributed by atoms with van der Waals surface area (Å²) in [5, 5.41) is 18.5. The molecule has 12 heavy (non-hydrogen) atoms. The van der Waals surface area contributed by atoms with Crippen molar-refractivity contribution >= 4 is 0 Å². The Balaban J connectivity index is 2.63. The van der Waals surface area contributed by atoms with Crippen molar-refractivity contribution in [1.29, 1.82) is 0 Å². The summed E-state index contributed by atoms with van der Waals surface area (Å²) in [5.74, 6) is 0.0304. The summed E-state index contributed by atoms with van der Waals surface area (Å²) in [7, 11) is 0. The quantitative estimate of drug-likeness (QED) is 0.482. The topological polar surface area (TPSA) is 75.7 Å². The molecule has 0 aromatic carbocycles. The molecule has 1 fully saturated rings. The van der Waals surface area contributed by atoms with Gasteiger partial charge in [-0.2, -0.15) is 0 Å². The maximum Gasteiger partial charge on any atom is 0.0985 e. The van der Waals surface area contributed by atoms with E-state index in [2.05, 4.69) is 0 Å². The van der Waals surface area contributed by atoms with Gasteiger partial charge in [0, 0.05) is 5.92 Å². The number of nitrogens with two attached hydrogens (primary N) is 1. The van der Waals surface area contributed by atoms with Crippen LogP contribution in [0.5, 0.6) is 0 Å². The number of aliphatic hydroxyl groups is 2. The largest absolute Gasteiger partial charge is 0.394 e. The molecule has 0 aromatic heterocycles. The second-order valence-electron chi connectivity index (χ2n) is 3.49. The Morgan fingerprint density at radius 2 is 2.00 bits per heavy atom. The summed E-state index contributed by atoms with van der Waals surface area (Å²) in [5.41, 5.74) is 5.65. The fourth-order valence-electron chi connectivity index (χ4n) is 1.50.